The molecule has 0 aliphatic heterocycles. The number of halogens is 2. The smallest absolute Gasteiger partial charge is 0.119 e. The summed E-state index contributed by atoms with van der Waals surface area (Å²) in [5.74, 6) is 0. The van der Waals surface area contributed by atoms with Crippen molar-refractivity contribution >= 4 is 23.2 Å². The molecule has 1 aromatic carbocycles. The maximum atomic E-state index is 10.2. The van der Waals surface area contributed by atoms with Gasteiger partial charge in [0.1, 0.15) is 6.10 Å². The van der Waals surface area contributed by atoms with E-state index in [0.717, 1.165) is 11.3 Å². The Morgan fingerprint density at radius 2 is 1.94 bits per heavy atom. The van der Waals surface area contributed by atoms with Crippen LogP contribution in [0.4, 0.5) is 0 Å². The summed E-state index contributed by atoms with van der Waals surface area (Å²) in [5.41, 5.74) is 1.55. The van der Waals surface area contributed by atoms with Gasteiger partial charge in [-0.25, -0.2) is 0 Å². The predicted molar refractivity (Wildman–Crippen MR) is 65.9 cm³/mol. The van der Waals surface area contributed by atoms with E-state index in [4.69, 9.17) is 23.2 Å². The number of aryl methyl sites for hydroxylation is 1. The fraction of sp³-hybridized carbons (Fsp3) is 0.167. The number of benzene rings is 1. The van der Waals surface area contributed by atoms with Crippen LogP contribution in [0.15, 0.2) is 36.5 Å². The van der Waals surface area contributed by atoms with E-state index in [-0.39, 0.29) is 0 Å². The van der Waals surface area contributed by atoms with E-state index >= 15 is 0 Å². The highest BCUT2D eigenvalue weighted by Crippen LogP contribution is 2.28. The van der Waals surface area contributed by atoms with Gasteiger partial charge in [-0.1, -0.05) is 29.3 Å². The zero-order chi connectivity index (χ0) is 11.7. The van der Waals surface area contributed by atoms with Crippen LogP contribution in [0.25, 0.3) is 0 Å². The van der Waals surface area contributed by atoms with Gasteiger partial charge in [-0.05, 0) is 29.8 Å². The van der Waals surface area contributed by atoms with Crippen LogP contribution in [0.5, 0.6) is 0 Å². The van der Waals surface area contributed by atoms with Gasteiger partial charge in [0, 0.05) is 13.2 Å². The van der Waals surface area contributed by atoms with E-state index in [1.165, 1.54) is 0 Å². The van der Waals surface area contributed by atoms with Gasteiger partial charge in [0.05, 0.1) is 15.7 Å². The van der Waals surface area contributed by atoms with Crippen LogP contribution in [-0.2, 0) is 7.05 Å². The molecule has 1 aromatic heterocycles. The largest absolute Gasteiger partial charge is 0.382 e. The molecule has 0 bridgehead atoms. The summed E-state index contributed by atoms with van der Waals surface area (Å²) in [5, 5.41) is 11.1. The minimum absolute atomic E-state index is 0.451. The van der Waals surface area contributed by atoms with Crippen LogP contribution in [0.2, 0.25) is 10.0 Å². The van der Waals surface area contributed by atoms with Gasteiger partial charge in [-0.15, -0.1) is 0 Å². The standard InChI is InChI=1S/C12H11Cl2NO/c1-15-6-2-3-11(15)12(16)8-4-5-9(13)10(14)7-8/h2-7,12,16H,1H3. The van der Waals surface area contributed by atoms with Crippen LogP contribution in [0.3, 0.4) is 0 Å². The van der Waals surface area contributed by atoms with E-state index in [0.29, 0.717) is 10.0 Å². The van der Waals surface area contributed by atoms with Gasteiger partial charge in [0.15, 0.2) is 0 Å². The van der Waals surface area contributed by atoms with Crippen molar-refractivity contribution in [3.63, 3.8) is 0 Å². The molecular formula is C12H11Cl2NO. The third-order valence-electron chi connectivity index (χ3n) is 2.52. The Bertz CT molecular complexity index is 507. The van der Waals surface area contributed by atoms with E-state index < -0.39 is 6.10 Å². The molecule has 4 heteroatoms. The molecule has 16 heavy (non-hydrogen) atoms. The molecular weight excluding hydrogens is 245 g/mol. The van der Waals surface area contributed by atoms with Gasteiger partial charge in [-0.2, -0.15) is 0 Å². The minimum Gasteiger partial charge on any atom is -0.382 e. The number of rotatable bonds is 2. The summed E-state index contributed by atoms with van der Waals surface area (Å²) in [6, 6.07) is 8.89. The molecule has 1 unspecified atom stereocenters. The highest BCUT2D eigenvalue weighted by molar-refractivity contribution is 6.42. The number of aliphatic hydroxyl groups excluding tert-OH is 1. The second-order valence-corrected chi connectivity index (χ2v) is 4.43. The SMILES string of the molecule is Cn1cccc1C(O)c1ccc(Cl)c(Cl)c1. The lowest BCUT2D eigenvalue weighted by molar-refractivity contribution is 0.211. The van der Waals surface area contributed by atoms with Crippen molar-refractivity contribution in [3.05, 3.63) is 57.8 Å². The van der Waals surface area contributed by atoms with Gasteiger partial charge in [-0.3, -0.25) is 0 Å². The Labute approximate surface area is 104 Å². The number of nitrogens with zero attached hydrogens (tertiary/aromatic N) is 1. The monoisotopic (exact) mass is 255 g/mol. The fourth-order valence-electron chi connectivity index (χ4n) is 1.61. The molecule has 0 radical (unpaired) electrons. The molecule has 1 atom stereocenters. The summed E-state index contributed by atoms with van der Waals surface area (Å²) in [7, 11) is 1.88. The van der Waals surface area contributed by atoms with Gasteiger partial charge < -0.3 is 9.67 Å². The van der Waals surface area contributed by atoms with Crippen molar-refractivity contribution < 1.29 is 5.11 Å². The molecule has 2 nitrogen and oxygen atoms in total. The number of aliphatic hydroxyl groups is 1. The van der Waals surface area contributed by atoms with E-state index in [1.807, 2.05) is 29.9 Å². The first-order chi connectivity index (χ1) is 7.59. The normalized spacial score (nSPS) is 12.8. The Balaban J connectivity index is 2.38. The molecule has 0 aliphatic rings. The number of hydrogen-bond donors (Lipinski definition) is 1. The van der Waals surface area contributed by atoms with E-state index in [9.17, 15) is 5.11 Å². The third kappa shape index (κ3) is 2.09. The third-order valence-corrected chi connectivity index (χ3v) is 3.26. The maximum Gasteiger partial charge on any atom is 0.119 e. The molecule has 0 fully saturated rings. The van der Waals surface area contributed by atoms with E-state index in [1.54, 1.807) is 18.2 Å². The van der Waals surface area contributed by atoms with Crippen molar-refractivity contribution in [3.8, 4) is 0 Å². The molecule has 2 aromatic rings. The Kier molecular flexibility index (Phi) is 3.24. The summed E-state index contributed by atoms with van der Waals surface area (Å²) >= 11 is 11.7. The lowest BCUT2D eigenvalue weighted by atomic mass is 10.1. The highest BCUT2D eigenvalue weighted by atomic mass is 35.5. The lowest BCUT2D eigenvalue weighted by Crippen LogP contribution is -2.04. The van der Waals surface area contributed by atoms with E-state index in [2.05, 4.69) is 0 Å². The van der Waals surface area contributed by atoms with Crippen molar-refractivity contribution in [2.75, 3.05) is 0 Å². The topological polar surface area (TPSA) is 25.2 Å². The summed E-state index contributed by atoms with van der Waals surface area (Å²) in [4.78, 5) is 0. The van der Waals surface area contributed by atoms with Crippen LogP contribution >= 0.6 is 23.2 Å². The van der Waals surface area contributed by atoms with Crippen LogP contribution < -0.4 is 0 Å². The van der Waals surface area contributed by atoms with Crippen molar-refractivity contribution in [1.29, 1.82) is 0 Å². The molecule has 0 saturated carbocycles. The molecule has 1 heterocycles. The molecule has 0 saturated heterocycles. The molecule has 0 spiro atoms. The lowest BCUT2D eigenvalue weighted by Gasteiger charge is -2.13. The zero-order valence-electron chi connectivity index (χ0n) is 8.69. The maximum absolute atomic E-state index is 10.2. The average Bonchev–Trinajstić information content (AvgIpc) is 2.67. The highest BCUT2D eigenvalue weighted by Gasteiger charge is 2.13. The minimum atomic E-state index is -0.685. The van der Waals surface area contributed by atoms with Crippen molar-refractivity contribution in [2.24, 2.45) is 7.05 Å². The number of hydrogen-bond acceptors (Lipinski definition) is 1. The second-order valence-electron chi connectivity index (χ2n) is 3.62. The van der Waals surface area contributed by atoms with Crippen LogP contribution in [-0.4, -0.2) is 9.67 Å². The molecule has 84 valence electrons. The molecule has 1 N–H and O–H groups in total. The van der Waals surface area contributed by atoms with Gasteiger partial charge in [0.2, 0.25) is 0 Å². The molecule has 2 rings (SSSR count). The first-order valence-corrected chi connectivity index (χ1v) is 5.59. The van der Waals surface area contributed by atoms with Crippen LogP contribution in [0.1, 0.15) is 17.4 Å². The summed E-state index contributed by atoms with van der Waals surface area (Å²) in [6.45, 7) is 0. The van der Waals surface area contributed by atoms with Gasteiger partial charge >= 0.3 is 0 Å². The number of aromatic nitrogens is 1. The Hall–Kier alpha value is -0.960. The zero-order valence-corrected chi connectivity index (χ0v) is 10.2. The summed E-state index contributed by atoms with van der Waals surface area (Å²) in [6.07, 6.45) is 1.20. The molecule has 0 amide bonds. The first kappa shape index (κ1) is 11.5. The first-order valence-electron chi connectivity index (χ1n) is 4.84. The van der Waals surface area contributed by atoms with Crippen molar-refractivity contribution in [1.82, 2.24) is 4.57 Å². The second kappa shape index (κ2) is 4.50. The van der Waals surface area contributed by atoms with Crippen LogP contribution in [0, 0.1) is 0 Å². The quantitative estimate of drug-likeness (QED) is 0.875. The molecule has 0 aliphatic carbocycles. The van der Waals surface area contributed by atoms with Crippen molar-refractivity contribution in [2.45, 2.75) is 6.10 Å². The van der Waals surface area contributed by atoms with Gasteiger partial charge in [0.25, 0.3) is 0 Å². The predicted octanol–water partition coefficient (Wildman–Crippen LogP) is 3.41. The Morgan fingerprint density at radius 1 is 1.19 bits per heavy atom. The fourth-order valence-corrected chi connectivity index (χ4v) is 1.92. The Morgan fingerprint density at radius 3 is 2.50 bits per heavy atom. The summed E-state index contributed by atoms with van der Waals surface area (Å²) < 4.78 is 1.87. The average molecular weight is 256 g/mol.